The van der Waals surface area contributed by atoms with E-state index in [1.54, 1.807) is 36.4 Å². The Bertz CT molecular complexity index is 1390. The summed E-state index contributed by atoms with van der Waals surface area (Å²) < 4.78 is 34.8. The molecule has 0 unspecified atom stereocenters. The number of likely N-dealkylation sites (N-methyl/N-ethyl adjacent to an activating group) is 1. The van der Waals surface area contributed by atoms with Crippen LogP contribution in [0.25, 0.3) is 0 Å². The Morgan fingerprint density at radius 2 is 1.87 bits per heavy atom. The summed E-state index contributed by atoms with van der Waals surface area (Å²) >= 11 is 5.90. The molecular formula is C28H33ClN4O5S. The first kappa shape index (κ1) is 28.8. The normalized spacial score (nSPS) is 18.6. The monoisotopic (exact) mass is 572 g/mol. The molecule has 0 aliphatic carbocycles. The van der Waals surface area contributed by atoms with Crippen LogP contribution in [0.5, 0.6) is 5.75 Å². The van der Waals surface area contributed by atoms with E-state index in [1.165, 1.54) is 30.3 Å². The summed E-state index contributed by atoms with van der Waals surface area (Å²) in [5.74, 6) is -0.0213. The highest BCUT2D eigenvalue weighted by molar-refractivity contribution is 7.92. The summed E-state index contributed by atoms with van der Waals surface area (Å²) in [4.78, 5) is 21.5. The van der Waals surface area contributed by atoms with E-state index in [0.29, 0.717) is 30.4 Å². The van der Waals surface area contributed by atoms with Gasteiger partial charge in [-0.3, -0.25) is 19.4 Å². The highest BCUT2D eigenvalue weighted by Crippen LogP contribution is 2.31. The molecule has 1 aliphatic rings. The lowest BCUT2D eigenvalue weighted by atomic mass is 9.99. The van der Waals surface area contributed by atoms with Gasteiger partial charge in [0.25, 0.3) is 15.9 Å². The number of aliphatic hydroxyl groups excluding tert-OH is 1. The van der Waals surface area contributed by atoms with E-state index in [2.05, 4.69) is 14.6 Å². The molecule has 0 saturated heterocycles. The second kappa shape index (κ2) is 12.3. The van der Waals surface area contributed by atoms with Gasteiger partial charge in [-0.2, -0.15) is 0 Å². The van der Waals surface area contributed by atoms with E-state index in [9.17, 15) is 18.3 Å². The standard InChI is InChI=1S/C28H33ClN4O5S/c1-19-15-33(20(2)18-34)28(35)25-14-23(31-39(36,37)24-7-4-22(29)5-8-24)6-9-26(25)38-27(19)17-32(3)16-21-10-12-30-13-11-21/h4-14,19-20,27,31,34H,15-18H2,1-3H3/t19-,20+,27-/m0/s1. The molecule has 2 aromatic carbocycles. The fraction of sp³-hybridized carbons (Fsp3) is 0.357. The third kappa shape index (κ3) is 7.07. The lowest BCUT2D eigenvalue weighted by molar-refractivity contribution is 0.0341. The van der Waals surface area contributed by atoms with Crippen molar-refractivity contribution in [2.24, 2.45) is 5.92 Å². The number of sulfonamides is 1. The quantitative estimate of drug-likeness (QED) is 0.400. The molecular weight excluding hydrogens is 540 g/mol. The third-order valence-corrected chi connectivity index (χ3v) is 8.38. The molecule has 1 aromatic heterocycles. The van der Waals surface area contributed by atoms with Crippen molar-refractivity contribution in [1.82, 2.24) is 14.8 Å². The van der Waals surface area contributed by atoms with E-state index in [0.717, 1.165) is 5.56 Å². The third-order valence-electron chi connectivity index (χ3n) is 6.73. The Balaban J connectivity index is 1.63. The number of ether oxygens (including phenoxy) is 1. The molecule has 0 saturated carbocycles. The molecule has 0 spiro atoms. The van der Waals surface area contributed by atoms with Crippen molar-refractivity contribution in [2.45, 2.75) is 37.4 Å². The van der Waals surface area contributed by atoms with Gasteiger partial charge in [-0.05, 0) is 74.1 Å². The number of anilines is 1. The van der Waals surface area contributed by atoms with Gasteiger partial charge >= 0.3 is 0 Å². The number of nitrogens with one attached hydrogen (secondary N) is 1. The van der Waals surface area contributed by atoms with E-state index >= 15 is 0 Å². The molecule has 2 N–H and O–H groups in total. The van der Waals surface area contributed by atoms with Gasteiger partial charge < -0.3 is 14.7 Å². The van der Waals surface area contributed by atoms with Gasteiger partial charge in [0.1, 0.15) is 11.9 Å². The van der Waals surface area contributed by atoms with Crippen LogP contribution in [0.3, 0.4) is 0 Å². The van der Waals surface area contributed by atoms with Gasteiger partial charge in [0.05, 0.1) is 23.1 Å². The summed E-state index contributed by atoms with van der Waals surface area (Å²) in [5, 5.41) is 10.3. The Labute approximate surface area is 234 Å². The molecule has 0 bridgehead atoms. The second-order valence-electron chi connectivity index (χ2n) is 9.95. The molecule has 39 heavy (non-hydrogen) atoms. The molecule has 2 heterocycles. The van der Waals surface area contributed by atoms with Crippen molar-refractivity contribution >= 4 is 33.2 Å². The maximum atomic E-state index is 13.7. The van der Waals surface area contributed by atoms with Crippen molar-refractivity contribution in [3.63, 3.8) is 0 Å². The van der Waals surface area contributed by atoms with Gasteiger partial charge in [-0.1, -0.05) is 18.5 Å². The minimum atomic E-state index is -3.92. The Morgan fingerprint density at radius 3 is 2.54 bits per heavy atom. The minimum Gasteiger partial charge on any atom is -0.488 e. The number of hydrogen-bond acceptors (Lipinski definition) is 7. The zero-order valence-corrected chi connectivity index (χ0v) is 23.7. The van der Waals surface area contributed by atoms with Gasteiger partial charge in [-0.15, -0.1) is 0 Å². The van der Waals surface area contributed by atoms with Gasteiger partial charge in [0.15, 0.2) is 0 Å². The number of rotatable bonds is 9. The average molecular weight is 573 g/mol. The summed E-state index contributed by atoms with van der Waals surface area (Å²) in [5.41, 5.74) is 1.56. The van der Waals surface area contributed by atoms with Crippen LogP contribution in [-0.2, 0) is 16.6 Å². The van der Waals surface area contributed by atoms with Crippen LogP contribution in [0.2, 0.25) is 5.02 Å². The Kier molecular flexibility index (Phi) is 9.12. The molecule has 0 fully saturated rings. The molecule has 1 amide bonds. The van der Waals surface area contributed by atoms with Crippen molar-refractivity contribution in [2.75, 3.05) is 31.5 Å². The van der Waals surface area contributed by atoms with Crippen molar-refractivity contribution in [3.8, 4) is 5.75 Å². The fourth-order valence-electron chi connectivity index (χ4n) is 4.50. The molecule has 9 nitrogen and oxygen atoms in total. The van der Waals surface area contributed by atoms with Crippen molar-refractivity contribution in [3.05, 3.63) is 83.1 Å². The molecule has 4 rings (SSSR count). The topological polar surface area (TPSA) is 112 Å². The van der Waals surface area contributed by atoms with Crippen LogP contribution in [0.1, 0.15) is 29.8 Å². The molecule has 0 radical (unpaired) electrons. The highest BCUT2D eigenvalue weighted by Gasteiger charge is 2.33. The zero-order valence-electron chi connectivity index (χ0n) is 22.1. The molecule has 208 valence electrons. The number of pyridine rings is 1. The van der Waals surface area contributed by atoms with E-state index < -0.39 is 16.1 Å². The van der Waals surface area contributed by atoms with Crippen LogP contribution >= 0.6 is 11.6 Å². The fourth-order valence-corrected chi connectivity index (χ4v) is 5.68. The van der Waals surface area contributed by atoms with Crippen molar-refractivity contribution < 1.29 is 23.1 Å². The summed E-state index contributed by atoms with van der Waals surface area (Å²) in [7, 11) is -1.91. The molecule has 1 aliphatic heterocycles. The largest absolute Gasteiger partial charge is 0.488 e. The van der Waals surface area contributed by atoms with E-state index in [4.69, 9.17) is 16.3 Å². The summed E-state index contributed by atoms with van der Waals surface area (Å²) in [6.45, 7) is 5.25. The number of amides is 1. The lowest BCUT2D eigenvalue weighted by Gasteiger charge is -2.38. The first-order valence-corrected chi connectivity index (χ1v) is 14.5. The van der Waals surface area contributed by atoms with Gasteiger partial charge in [-0.25, -0.2) is 8.42 Å². The molecule has 3 atom stereocenters. The number of aliphatic hydroxyl groups is 1. The maximum absolute atomic E-state index is 13.7. The second-order valence-corrected chi connectivity index (χ2v) is 12.1. The number of nitrogens with zero attached hydrogens (tertiary/aromatic N) is 3. The number of carbonyl (C=O) groups is 1. The van der Waals surface area contributed by atoms with E-state index in [1.807, 2.05) is 26.1 Å². The van der Waals surface area contributed by atoms with Gasteiger partial charge in [0.2, 0.25) is 0 Å². The van der Waals surface area contributed by atoms with Crippen LogP contribution in [0, 0.1) is 5.92 Å². The van der Waals surface area contributed by atoms with Crippen LogP contribution < -0.4 is 9.46 Å². The minimum absolute atomic E-state index is 0.0425. The predicted molar refractivity (Wildman–Crippen MR) is 150 cm³/mol. The number of fused-ring (bicyclic) bond motifs is 1. The first-order chi connectivity index (χ1) is 18.6. The molecule has 3 aromatic rings. The van der Waals surface area contributed by atoms with E-state index in [-0.39, 0.29) is 40.7 Å². The Morgan fingerprint density at radius 1 is 1.18 bits per heavy atom. The van der Waals surface area contributed by atoms with Crippen LogP contribution in [0.15, 0.2) is 71.9 Å². The number of halogens is 1. The number of carbonyl (C=O) groups excluding carboxylic acids is 1. The number of aromatic nitrogens is 1. The SMILES string of the molecule is C[C@H](CO)N1C[C@H](C)[C@H](CN(C)Cc2ccncc2)Oc2ccc(NS(=O)(=O)c3ccc(Cl)cc3)cc2C1=O. The number of hydrogen-bond donors (Lipinski definition) is 2. The zero-order chi connectivity index (χ0) is 28.2. The molecule has 11 heteroatoms. The van der Waals surface area contributed by atoms with Crippen LogP contribution in [0.4, 0.5) is 5.69 Å². The summed E-state index contributed by atoms with van der Waals surface area (Å²) in [6, 6.07) is 14.0. The average Bonchev–Trinajstić information content (AvgIpc) is 2.91. The summed E-state index contributed by atoms with van der Waals surface area (Å²) in [6.07, 6.45) is 3.24. The van der Waals surface area contributed by atoms with Gasteiger partial charge in [0, 0.05) is 48.7 Å². The maximum Gasteiger partial charge on any atom is 0.261 e. The lowest BCUT2D eigenvalue weighted by Crippen LogP contribution is -2.49. The predicted octanol–water partition coefficient (Wildman–Crippen LogP) is 3.89. The van der Waals surface area contributed by atoms with Crippen molar-refractivity contribution in [1.29, 1.82) is 0 Å². The highest BCUT2D eigenvalue weighted by atomic mass is 35.5. The van der Waals surface area contributed by atoms with Crippen LogP contribution in [-0.4, -0.2) is 73.1 Å². The first-order valence-electron chi connectivity index (χ1n) is 12.7. The smallest absolute Gasteiger partial charge is 0.261 e. The Hall–Kier alpha value is -3.18. The number of benzene rings is 2.